The molecule has 0 bridgehead atoms. The first-order valence-corrected chi connectivity index (χ1v) is 5.30. The molecule has 0 saturated carbocycles. The van der Waals surface area contributed by atoms with Gasteiger partial charge >= 0.3 is 0 Å². The van der Waals surface area contributed by atoms with E-state index >= 15 is 0 Å². The molecule has 0 aliphatic carbocycles. The number of rotatable bonds is 2. The molecule has 0 spiro atoms. The predicted octanol–water partition coefficient (Wildman–Crippen LogP) is 2.32. The molecule has 0 aliphatic rings. The van der Waals surface area contributed by atoms with Gasteiger partial charge < -0.3 is 0 Å². The van der Waals surface area contributed by atoms with Gasteiger partial charge in [-0.05, 0) is 17.7 Å². The molecule has 0 fully saturated rings. The molecule has 0 saturated heterocycles. The van der Waals surface area contributed by atoms with Gasteiger partial charge in [-0.1, -0.05) is 23.7 Å². The van der Waals surface area contributed by atoms with Crippen LogP contribution in [0, 0.1) is 6.92 Å². The summed E-state index contributed by atoms with van der Waals surface area (Å²) in [7, 11) is 2.05. The highest BCUT2D eigenvalue weighted by Gasteiger charge is 2.08. The van der Waals surface area contributed by atoms with Crippen molar-refractivity contribution in [1.29, 1.82) is 0 Å². The maximum absolute atomic E-state index is 5.94. The van der Waals surface area contributed by atoms with Gasteiger partial charge in [-0.15, -0.1) is 0 Å². The molecular formula is C12H14ClN2+. The normalized spacial score (nSPS) is 10.6. The molecule has 0 N–H and O–H groups in total. The largest absolute Gasteiger partial charge is 0.253 e. The highest BCUT2D eigenvalue weighted by atomic mass is 35.5. The Labute approximate surface area is 94.7 Å². The highest BCUT2D eigenvalue weighted by molar-refractivity contribution is 6.30. The topological polar surface area (TPSA) is 8.81 Å². The number of imidazole rings is 1. The van der Waals surface area contributed by atoms with E-state index in [-0.39, 0.29) is 0 Å². The second-order valence-corrected chi connectivity index (χ2v) is 4.15. The summed E-state index contributed by atoms with van der Waals surface area (Å²) in [5.41, 5.74) is 1.22. The molecule has 0 atom stereocenters. The molecule has 1 aromatic heterocycles. The van der Waals surface area contributed by atoms with E-state index in [4.69, 9.17) is 11.6 Å². The Kier molecular flexibility index (Phi) is 2.78. The van der Waals surface area contributed by atoms with Crippen molar-refractivity contribution in [2.24, 2.45) is 7.05 Å². The molecule has 2 rings (SSSR count). The van der Waals surface area contributed by atoms with Crippen LogP contribution in [0.3, 0.4) is 0 Å². The minimum Gasteiger partial charge on any atom is -0.237 e. The van der Waals surface area contributed by atoms with Gasteiger partial charge in [-0.25, -0.2) is 9.13 Å². The van der Waals surface area contributed by atoms with Crippen LogP contribution >= 0.6 is 11.6 Å². The maximum Gasteiger partial charge on any atom is 0.253 e. The van der Waals surface area contributed by atoms with Crippen molar-refractivity contribution in [2.45, 2.75) is 13.5 Å². The predicted molar refractivity (Wildman–Crippen MR) is 60.9 cm³/mol. The molecule has 0 aliphatic heterocycles. The Bertz CT molecular complexity index is 474. The van der Waals surface area contributed by atoms with Crippen molar-refractivity contribution in [1.82, 2.24) is 4.57 Å². The second-order valence-electron chi connectivity index (χ2n) is 3.71. The summed E-state index contributed by atoms with van der Waals surface area (Å²) in [6.07, 6.45) is 4.14. The molecule has 78 valence electrons. The minimum atomic E-state index is 0.793. The van der Waals surface area contributed by atoms with Crippen molar-refractivity contribution in [2.75, 3.05) is 0 Å². The number of hydrogen-bond donors (Lipinski definition) is 0. The van der Waals surface area contributed by atoms with E-state index in [1.165, 1.54) is 11.4 Å². The van der Waals surface area contributed by atoms with Crippen molar-refractivity contribution in [3.63, 3.8) is 0 Å². The summed E-state index contributed by atoms with van der Waals surface area (Å²) in [6, 6.07) is 7.97. The zero-order valence-corrected chi connectivity index (χ0v) is 9.70. The van der Waals surface area contributed by atoms with Gasteiger partial charge in [-0.2, -0.15) is 0 Å². The Hall–Kier alpha value is -1.28. The van der Waals surface area contributed by atoms with E-state index in [0.29, 0.717) is 0 Å². The van der Waals surface area contributed by atoms with Gasteiger partial charge in [0.05, 0.1) is 7.05 Å². The lowest BCUT2D eigenvalue weighted by molar-refractivity contribution is -0.677. The summed E-state index contributed by atoms with van der Waals surface area (Å²) in [5.74, 6) is 1.23. The lowest BCUT2D eigenvalue weighted by Crippen LogP contribution is -2.29. The molecule has 0 radical (unpaired) electrons. The van der Waals surface area contributed by atoms with E-state index in [9.17, 15) is 0 Å². The number of halogens is 1. The maximum atomic E-state index is 5.94. The molecule has 0 unspecified atom stereocenters. The third kappa shape index (κ3) is 2.21. The Morgan fingerprint density at radius 3 is 2.80 bits per heavy atom. The minimum absolute atomic E-state index is 0.793. The zero-order valence-electron chi connectivity index (χ0n) is 8.94. The van der Waals surface area contributed by atoms with Crippen molar-refractivity contribution in [3.8, 4) is 0 Å². The van der Waals surface area contributed by atoms with Crippen LogP contribution in [0.2, 0.25) is 5.02 Å². The fourth-order valence-electron chi connectivity index (χ4n) is 1.60. The summed E-state index contributed by atoms with van der Waals surface area (Å²) in [5, 5.41) is 0.793. The highest BCUT2D eigenvalue weighted by Crippen LogP contribution is 2.12. The summed E-state index contributed by atoms with van der Waals surface area (Å²) < 4.78 is 4.30. The van der Waals surface area contributed by atoms with Crippen LogP contribution in [0.4, 0.5) is 0 Å². The molecule has 2 nitrogen and oxygen atoms in total. The Balaban J connectivity index is 2.26. The van der Waals surface area contributed by atoms with Crippen LogP contribution in [-0.4, -0.2) is 4.57 Å². The first-order valence-electron chi connectivity index (χ1n) is 4.92. The van der Waals surface area contributed by atoms with Gasteiger partial charge in [0.2, 0.25) is 0 Å². The number of nitrogens with zero attached hydrogens (tertiary/aromatic N) is 2. The summed E-state index contributed by atoms with van der Waals surface area (Å²) >= 11 is 5.94. The molecule has 15 heavy (non-hydrogen) atoms. The van der Waals surface area contributed by atoms with Crippen molar-refractivity contribution < 1.29 is 4.57 Å². The van der Waals surface area contributed by atoms with Crippen molar-refractivity contribution >= 4 is 11.6 Å². The third-order valence-corrected chi connectivity index (χ3v) is 2.87. The van der Waals surface area contributed by atoms with Gasteiger partial charge in [0.1, 0.15) is 18.9 Å². The fourth-order valence-corrected chi connectivity index (χ4v) is 1.81. The second kappa shape index (κ2) is 4.07. The monoisotopic (exact) mass is 221 g/mol. The van der Waals surface area contributed by atoms with E-state index in [1.54, 1.807) is 0 Å². The van der Waals surface area contributed by atoms with Crippen LogP contribution in [0.25, 0.3) is 0 Å². The van der Waals surface area contributed by atoms with Crippen molar-refractivity contribution in [3.05, 3.63) is 53.1 Å². The number of aromatic nitrogens is 2. The average Bonchev–Trinajstić information content (AvgIpc) is 2.50. The van der Waals surface area contributed by atoms with E-state index in [2.05, 4.69) is 34.5 Å². The van der Waals surface area contributed by atoms with Gasteiger partial charge in [0, 0.05) is 11.9 Å². The molecule has 3 heteroatoms. The zero-order chi connectivity index (χ0) is 10.8. The van der Waals surface area contributed by atoms with E-state index < -0.39 is 0 Å². The first-order chi connectivity index (χ1) is 7.16. The average molecular weight is 222 g/mol. The van der Waals surface area contributed by atoms with Crippen LogP contribution in [0.15, 0.2) is 36.7 Å². The van der Waals surface area contributed by atoms with E-state index in [0.717, 1.165) is 11.6 Å². The molecule has 0 amide bonds. The number of hydrogen-bond acceptors (Lipinski definition) is 0. The molecule has 1 heterocycles. The standard InChI is InChI=1S/C12H14ClN2/c1-10-14(2)6-7-15(10)9-11-4-3-5-12(13)8-11/h3-8H,9H2,1-2H3/q+1. The quantitative estimate of drug-likeness (QED) is 0.689. The summed E-state index contributed by atoms with van der Waals surface area (Å²) in [4.78, 5) is 0. The van der Waals surface area contributed by atoms with Gasteiger partial charge in [0.25, 0.3) is 5.82 Å². The van der Waals surface area contributed by atoms with Gasteiger partial charge in [-0.3, -0.25) is 0 Å². The molecule has 1 aromatic carbocycles. The van der Waals surface area contributed by atoms with Crippen LogP contribution < -0.4 is 4.57 Å². The first kappa shape index (κ1) is 10.2. The number of benzene rings is 1. The van der Waals surface area contributed by atoms with Crippen LogP contribution in [-0.2, 0) is 13.6 Å². The van der Waals surface area contributed by atoms with E-state index in [1.807, 2.05) is 25.2 Å². The Morgan fingerprint density at radius 2 is 2.20 bits per heavy atom. The lowest BCUT2D eigenvalue weighted by Gasteiger charge is -2.00. The van der Waals surface area contributed by atoms with Crippen LogP contribution in [0.5, 0.6) is 0 Å². The molecule has 2 aromatic rings. The van der Waals surface area contributed by atoms with Crippen LogP contribution in [0.1, 0.15) is 11.4 Å². The lowest BCUT2D eigenvalue weighted by atomic mass is 10.2. The molecular weight excluding hydrogens is 208 g/mol. The smallest absolute Gasteiger partial charge is 0.237 e. The fraction of sp³-hybridized carbons (Fsp3) is 0.250. The third-order valence-electron chi connectivity index (χ3n) is 2.64. The van der Waals surface area contributed by atoms with Gasteiger partial charge in [0.15, 0.2) is 0 Å². The Morgan fingerprint density at radius 1 is 1.40 bits per heavy atom. The number of aryl methyl sites for hydroxylation is 1. The SMILES string of the molecule is Cc1n(Cc2cccc(Cl)c2)cc[n+]1C. The summed E-state index contributed by atoms with van der Waals surface area (Å²) in [6.45, 7) is 2.97.